The molecule has 0 bridgehead atoms. The minimum Gasteiger partial charge on any atom is -0.484 e. The summed E-state index contributed by atoms with van der Waals surface area (Å²) in [5.41, 5.74) is 2.59. The summed E-state index contributed by atoms with van der Waals surface area (Å²) in [6, 6.07) is 11.9. The van der Waals surface area contributed by atoms with Crippen molar-refractivity contribution in [1.29, 1.82) is 0 Å². The van der Waals surface area contributed by atoms with E-state index >= 15 is 0 Å². The molecule has 0 aromatic heterocycles. The second-order valence-corrected chi connectivity index (χ2v) is 7.27. The Morgan fingerprint density at radius 1 is 1.00 bits per heavy atom. The van der Waals surface area contributed by atoms with Crippen LogP contribution in [0.4, 0.5) is 5.69 Å². The summed E-state index contributed by atoms with van der Waals surface area (Å²) in [6.07, 6.45) is 0.445. The molecule has 0 saturated carbocycles. The first-order valence-electron chi connectivity index (χ1n) is 9.75. The molecule has 0 atom stereocenters. The molecule has 0 spiro atoms. The topological polar surface area (TPSA) is 84.5 Å². The maximum atomic E-state index is 12.2. The largest absolute Gasteiger partial charge is 0.484 e. The van der Waals surface area contributed by atoms with Gasteiger partial charge in [-0.3, -0.25) is 14.4 Å². The summed E-state index contributed by atoms with van der Waals surface area (Å²) < 4.78 is 5.48. The van der Waals surface area contributed by atoms with Crippen LogP contribution in [0, 0.1) is 12.8 Å². The van der Waals surface area contributed by atoms with E-state index in [1.54, 1.807) is 42.5 Å². The van der Waals surface area contributed by atoms with Crippen molar-refractivity contribution in [3.8, 4) is 5.75 Å². The predicted molar refractivity (Wildman–Crippen MR) is 114 cm³/mol. The van der Waals surface area contributed by atoms with E-state index in [1.165, 1.54) is 0 Å². The van der Waals surface area contributed by atoms with Crippen molar-refractivity contribution >= 4 is 23.3 Å². The molecule has 0 aliphatic heterocycles. The lowest BCUT2D eigenvalue weighted by Crippen LogP contribution is -2.27. The molecular formula is C23H28N2O4. The lowest BCUT2D eigenvalue weighted by Gasteiger charge is -2.12. The van der Waals surface area contributed by atoms with Gasteiger partial charge in [0.2, 0.25) is 0 Å². The van der Waals surface area contributed by atoms with Crippen molar-refractivity contribution in [3.05, 3.63) is 59.2 Å². The molecule has 2 N–H and O–H groups in total. The number of hydrogen-bond donors (Lipinski definition) is 2. The number of anilines is 1. The van der Waals surface area contributed by atoms with E-state index in [0.29, 0.717) is 41.4 Å². The molecule has 0 fully saturated rings. The zero-order valence-corrected chi connectivity index (χ0v) is 17.4. The quantitative estimate of drug-likeness (QED) is 0.628. The van der Waals surface area contributed by atoms with E-state index in [-0.39, 0.29) is 24.2 Å². The lowest BCUT2D eigenvalue weighted by atomic mass is 10.1. The Morgan fingerprint density at radius 3 is 2.24 bits per heavy atom. The van der Waals surface area contributed by atoms with Gasteiger partial charge in [-0.15, -0.1) is 0 Å². The molecule has 0 aliphatic rings. The number of carbonyl (C=O) groups is 3. The van der Waals surface area contributed by atoms with E-state index in [9.17, 15) is 14.4 Å². The number of ether oxygens (including phenoxy) is 1. The molecular weight excluding hydrogens is 368 g/mol. The van der Waals surface area contributed by atoms with Crippen LogP contribution in [0.15, 0.2) is 42.5 Å². The second-order valence-electron chi connectivity index (χ2n) is 7.27. The molecule has 0 saturated heterocycles. The van der Waals surface area contributed by atoms with Crippen LogP contribution in [0.5, 0.6) is 5.75 Å². The average molecular weight is 396 g/mol. The highest BCUT2D eigenvalue weighted by Gasteiger charge is 2.11. The summed E-state index contributed by atoms with van der Waals surface area (Å²) in [5.74, 6) is 0.515. The third-order valence-corrected chi connectivity index (χ3v) is 4.30. The first kappa shape index (κ1) is 22.1. The number of benzene rings is 2. The molecule has 2 aromatic rings. The Labute approximate surface area is 171 Å². The van der Waals surface area contributed by atoms with Crippen LogP contribution < -0.4 is 15.4 Å². The predicted octanol–water partition coefficient (Wildman–Crippen LogP) is 3.99. The SMILES string of the molecule is CCC(=O)c1ccc(OCC(=O)Nc2ccc(C(=O)NCC(C)C)cc2C)cc1. The van der Waals surface area contributed by atoms with Gasteiger partial charge in [0.15, 0.2) is 12.4 Å². The van der Waals surface area contributed by atoms with Crippen molar-refractivity contribution in [2.24, 2.45) is 5.92 Å². The van der Waals surface area contributed by atoms with Crippen molar-refractivity contribution in [2.45, 2.75) is 34.1 Å². The maximum absolute atomic E-state index is 12.2. The molecule has 2 rings (SSSR count). The first-order chi connectivity index (χ1) is 13.8. The molecule has 0 heterocycles. The maximum Gasteiger partial charge on any atom is 0.262 e. The van der Waals surface area contributed by atoms with E-state index in [2.05, 4.69) is 10.6 Å². The van der Waals surface area contributed by atoms with Crippen LogP contribution in [0.3, 0.4) is 0 Å². The van der Waals surface area contributed by atoms with Gasteiger partial charge in [0.05, 0.1) is 0 Å². The zero-order valence-electron chi connectivity index (χ0n) is 17.4. The molecule has 6 nitrogen and oxygen atoms in total. The van der Waals surface area contributed by atoms with E-state index in [1.807, 2.05) is 27.7 Å². The Balaban J connectivity index is 1.90. The average Bonchev–Trinajstić information content (AvgIpc) is 2.71. The monoisotopic (exact) mass is 396 g/mol. The van der Waals surface area contributed by atoms with Crippen molar-refractivity contribution in [2.75, 3.05) is 18.5 Å². The van der Waals surface area contributed by atoms with Crippen molar-refractivity contribution in [1.82, 2.24) is 5.32 Å². The number of amides is 2. The number of aryl methyl sites for hydroxylation is 1. The minimum atomic E-state index is -0.307. The van der Waals surface area contributed by atoms with Crippen LogP contribution in [-0.2, 0) is 4.79 Å². The Bertz CT molecular complexity index is 873. The molecule has 0 radical (unpaired) electrons. The standard InChI is InChI=1S/C23H28N2O4/c1-5-21(26)17-6-9-19(10-7-17)29-14-22(27)25-20-11-8-18(12-16(20)4)23(28)24-13-15(2)3/h6-12,15H,5,13-14H2,1-4H3,(H,24,28)(H,25,27). The van der Waals surface area contributed by atoms with Gasteiger partial charge in [0, 0.05) is 29.8 Å². The zero-order chi connectivity index (χ0) is 21.4. The minimum absolute atomic E-state index is 0.0612. The lowest BCUT2D eigenvalue weighted by molar-refractivity contribution is -0.118. The number of carbonyl (C=O) groups excluding carboxylic acids is 3. The fraction of sp³-hybridized carbons (Fsp3) is 0.348. The van der Waals surface area contributed by atoms with Crippen LogP contribution >= 0.6 is 0 Å². The van der Waals surface area contributed by atoms with Gasteiger partial charge in [-0.2, -0.15) is 0 Å². The highest BCUT2D eigenvalue weighted by molar-refractivity contribution is 5.97. The molecule has 2 aromatic carbocycles. The normalized spacial score (nSPS) is 10.5. The Hall–Kier alpha value is -3.15. The van der Waals surface area contributed by atoms with Gasteiger partial charge < -0.3 is 15.4 Å². The van der Waals surface area contributed by atoms with Gasteiger partial charge in [-0.1, -0.05) is 20.8 Å². The van der Waals surface area contributed by atoms with E-state index in [0.717, 1.165) is 5.56 Å². The van der Waals surface area contributed by atoms with Crippen LogP contribution in [-0.4, -0.2) is 30.7 Å². The summed E-state index contributed by atoms with van der Waals surface area (Å²) in [6.45, 7) is 8.16. The molecule has 29 heavy (non-hydrogen) atoms. The third kappa shape index (κ3) is 6.75. The van der Waals surface area contributed by atoms with Gasteiger partial charge in [-0.05, 0) is 60.9 Å². The fourth-order valence-corrected chi connectivity index (χ4v) is 2.62. The Morgan fingerprint density at radius 2 is 1.66 bits per heavy atom. The summed E-state index contributed by atoms with van der Waals surface area (Å²) in [5, 5.41) is 5.66. The smallest absolute Gasteiger partial charge is 0.262 e. The van der Waals surface area contributed by atoms with E-state index < -0.39 is 0 Å². The van der Waals surface area contributed by atoms with Crippen LogP contribution in [0.1, 0.15) is 53.5 Å². The fourth-order valence-electron chi connectivity index (χ4n) is 2.62. The van der Waals surface area contributed by atoms with Gasteiger partial charge in [-0.25, -0.2) is 0 Å². The van der Waals surface area contributed by atoms with Crippen LogP contribution in [0.2, 0.25) is 0 Å². The summed E-state index contributed by atoms with van der Waals surface area (Å²) in [7, 11) is 0. The molecule has 6 heteroatoms. The molecule has 0 aliphatic carbocycles. The third-order valence-electron chi connectivity index (χ3n) is 4.30. The molecule has 154 valence electrons. The summed E-state index contributed by atoms with van der Waals surface area (Å²) >= 11 is 0. The number of Topliss-reactive ketones (excluding diaryl/α,β-unsaturated/α-hetero) is 1. The number of rotatable bonds is 9. The van der Waals surface area contributed by atoms with Crippen molar-refractivity contribution in [3.63, 3.8) is 0 Å². The first-order valence-corrected chi connectivity index (χ1v) is 9.75. The number of ketones is 1. The summed E-state index contributed by atoms with van der Waals surface area (Å²) in [4.78, 5) is 36.0. The van der Waals surface area contributed by atoms with Crippen molar-refractivity contribution < 1.29 is 19.1 Å². The highest BCUT2D eigenvalue weighted by atomic mass is 16.5. The number of hydrogen-bond acceptors (Lipinski definition) is 4. The van der Waals surface area contributed by atoms with E-state index in [4.69, 9.17) is 4.74 Å². The molecule has 2 amide bonds. The number of nitrogens with one attached hydrogen (secondary N) is 2. The Kier molecular flexibility index (Phi) is 7.95. The van der Waals surface area contributed by atoms with Gasteiger partial charge >= 0.3 is 0 Å². The van der Waals surface area contributed by atoms with Gasteiger partial charge in [0.1, 0.15) is 5.75 Å². The molecule has 0 unspecified atom stereocenters. The van der Waals surface area contributed by atoms with Gasteiger partial charge in [0.25, 0.3) is 11.8 Å². The highest BCUT2D eigenvalue weighted by Crippen LogP contribution is 2.17. The second kappa shape index (κ2) is 10.4. The van der Waals surface area contributed by atoms with Crippen LogP contribution in [0.25, 0.3) is 0 Å².